The van der Waals surface area contributed by atoms with E-state index >= 15 is 0 Å². The maximum absolute atomic E-state index is 6.87. The molecule has 6 aromatic carbocycles. The Morgan fingerprint density at radius 1 is 0.537 bits per heavy atom. The van der Waals surface area contributed by atoms with Gasteiger partial charge < -0.3 is 19.1 Å². The van der Waals surface area contributed by atoms with Crippen LogP contribution in [0.15, 0.2) is 170 Å². The van der Waals surface area contributed by atoms with Crippen LogP contribution in [0.2, 0.25) is 0 Å². The van der Waals surface area contributed by atoms with Crippen molar-refractivity contribution < 1.29 is 4.74 Å². The van der Waals surface area contributed by atoms with Crippen LogP contribution < -0.4 is 14.5 Å². The Morgan fingerprint density at radius 2 is 1.20 bits per heavy atom. The van der Waals surface area contributed by atoms with Gasteiger partial charge in [0, 0.05) is 63.8 Å². The highest BCUT2D eigenvalue weighted by atomic mass is 16.5. The predicted molar refractivity (Wildman–Crippen MR) is 223 cm³/mol. The number of anilines is 4. The SMILES string of the molecule is CC(C)(C)c1cc(Oc2ccc3c4ccccc4n(-c4cc5c(ccn5-c5ccccc5)cn4)c3c2)cc(N2CN(c3ccccc3)c3ccccc32)c1. The summed E-state index contributed by atoms with van der Waals surface area (Å²) in [4.78, 5) is 9.77. The maximum Gasteiger partial charge on any atom is 0.139 e. The van der Waals surface area contributed by atoms with Gasteiger partial charge in [-0.05, 0) is 83.8 Å². The quantitative estimate of drug-likeness (QED) is 0.173. The van der Waals surface area contributed by atoms with Crippen molar-refractivity contribution in [2.45, 2.75) is 26.2 Å². The summed E-state index contributed by atoms with van der Waals surface area (Å²) in [6.45, 7) is 7.47. The van der Waals surface area contributed by atoms with E-state index in [1.807, 2.05) is 12.3 Å². The van der Waals surface area contributed by atoms with Crippen LogP contribution in [-0.4, -0.2) is 20.8 Å². The van der Waals surface area contributed by atoms with Gasteiger partial charge in [0.2, 0.25) is 0 Å². The first-order valence-corrected chi connectivity index (χ1v) is 18.5. The first-order valence-electron chi connectivity index (χ1n) is 18.5. The molecule has 0 amide bonds. The van der Waals surface area contributed by atoms with Crippen LogP contribution in [0.1, 0.15) is 26.3 Å². The van der Waals surface area contributed by atoms with Gasteiger partial charge >= 0.3 is 0 Å². The summed E-state index contributed by atoms with van der Waals surface area (Å²) in [5.74, 6) is 2.43. The van der Waals surface area contributed by atoms with Crippen LogP contribution in [-0.2, 0) is 5.41 Å². The van der Waals surface area contributed by atoms with Gasteiger partial charge in [-0.2, -0.15) is 0 Å². The largest absolute Gasteiger partial charge is 0.457 e. The molecule has 0 N–H and O–H groups in total. The van der Waals surface area contributed by atoms with Gasteiger partial charge in [0.05, 0.1) is 27.9 Å². The molecule has 0 aliphatic carbocycles. The Hall–Kier alpha value is -6.79. The number of para-hydroxylation sites is 5. The van der Waals surface area contributed by atoms with E-state index in [-0.39, 0.29) is 5.41 Å². The number of aromatic nitrogens is 3. The summed E-state index contributed by atoms with van der Waals surface area (Å²) < 4.78 is 11.3. The van der Waals surface area contributed by atoms with Crippen LogP contribution in [0.25, 0.3) is 44.2 Å². The van der Waals surface area contributed by atoms with Crippen molar-refractivity contribution in [3.63, 3.8) is 0 Å². The molecule has 0 saturated carbocycles. The molecular weight excluding hydrogens is 663 g/mol. The average Bonchev–Trinajstić information content (AvgIpc) is 3.90. The van der Waals surface area contributed by atoms with Crippen LogP contribution in [0.5, 0.6) is 11.5 Å². The monoisotopic (exact) mass is 701 g/mol. The average molecular weight is 702 g/mol. The second-order valence-electron chi connectivity index (χ2n) is 15.0. The number of hydrogen-bond donors (Lipinski definition) is 0. The summed E-state index contributed by atoms with van der Waals surface area (Å²) in [5.41, 5.74) is 10.1. The lowest BCUT2D eigenvalue weighted by molar-refractivity contribution is 0.479. The minimum atomic E-state index is -0.0927. The number of hydrogen-bond acceptors (Lipinski definition) is 4. The maximum atomic E-state index is 6.87. The van der Waals surface area contributed by atoms with E-state index < -0.39 is 0 Å². The highest BCUT2D eigenvalue weighted by Crippen LogP contribution is 2.46. The number of benzene rings is 6. The molecule has 1 aliphatic rings. The van der Waals surface area contributed by atoms with Gasteiger partial charge in [-0.3, -0.25) is 4.57 Å². The van der Waals surface area contributed by atoms with E-state index in [4.69, 9.17) is 9.72 Å². The molecule has 0 bridgehead atoms. The zero-order chi connectivity index (χ0) is 36.4. The highest BCUT2D eigenvalue weighted by molar-refractivity contribution is 6.09. The molecule has 9 aromatic rings. The molecular formula is C48H39N5O. The fraction of sp³-hybridized carbons (Fsp3) is 0.104. The zero-order valence-corrected chi connectivity index (χ0v) is 30.5. The summed E-state index contributed by atoms with van der Waals surface area (Å²) in [6.07, 6.45) is 4.09. The molecule has 262 valence electrons. The lowest BCUT2D eigenvalue weighted by atomic mass is 9.86. The molecule has 0 unspecified atom stereocenters. The van der Waals surface area contributed by atoms with Crippen molar-refractivity contribution in [2.75, 3.05) is 16.5 Å². The Bertz CT molecular complexity index is 2830. The molecule has 0 atom stereocenters. The summed E-state index contributed by atoms with van der Waals surface area (Å²) >= 11 is 0. The molecule has 0 radical (unpaired) electrons. The molecule has 0 spiro atoms. The topological polar surface area (TPSA) is 38.5 Å². The van der Waals surface area contributed by atoms with Gasteiger partial charge in [0.1, 0.15) is 24.0 Å². The normalized spacial score (nSPS) is 12.9. The number of ether oxygens (including phenoxy) is 1. The lowest BCUT2D eigenvalue weighted by Gasteiger charge is -2.26. The molecule has 54 heavy (non-hydrogen) atoms. The van der Waals surface area contributed by atoms with Crippen LogP contribution in [0.4, 0.5) is 22.7 Å². The molecule has 10 rings (SSSR count). The zero-order valence-electron chi connectivity index (χ0n) is 30.5. The van der Waals surface area contributed by atoms with Crippen molar-refractivity contribution >= 4 is 55.5 Å². The van der Waals surface area contributed by atoms with Gasteiger partial charge in [0.15, 0.2) is 0 Å². The van der Waals surface area contributed by atoms with Crippen LogP contribution in [0.3, 0.4) is 0 Å². The molecule has 1 aliphatic heterocycles. The van der Waals surface area contributed by atoms with Crippen LogP contribution in [0, 0.1) is 0 Å². The summed E-state index contributed by atoms with van der Waals surface area (Å²) in [7, 11) is 0. The van der Waals surface area contributed by atoms with Crippen LogP contribution >= 0.6 is 0 Å². The van der Waals surface area contributed by atoms with E-state index in [0.29, 0.717) is 6.67 Å². The van der Waals surface area contributed by atoms with Gasteiger partial charge in [-0.25, -0.2) is 4.98 Å². The third-order valence-corrected chi connectivity index (χ3v) is 10.6. The molecule has 6 heteroatoms. The van der Waals surface area contributed by atoms with Crippen molar-refractivity contribution in [3.8, 4) is 23.0 Å². The Labute approximate surface area is 314 Å². The second kappa shape index (κ2) is 12.4. The Kier molecular flexibility index (Phi) is 7.34. The number of fused-ring (bicyclic) bond motifs is 5. The molecule has 0 saturated heterocycles. The van der Waals surface area contributed by atoms with E-state index in [1.54, 1.807) is 0 Å². The first kappa shape index (κ1) is 31.9. The predicted octanol–water partition coefficient (Wildman–Crippen LogP) is 12.5. The fourth-order valence-corrected chi connectivity index (χ4v) is 7.84. The smallest absolute Gasteiger partial charge is 0.139 e. The molecule has 0 fully saturated rings. The summed E-state index contributed by atoms with van der Waals surface area (Å²) in [5, 5.41) is 3.42. The number of nitrogens with zero attached hydrogens (tertiary/aromatic N) is 5. The van der Waals surface area contributed by atoms with E-state index in [2.05, 4.69) is 198 Å². The molecule has 6 nitrogen and oxygen atoms in total. The fourth-order valence-electron chi connectivity index (χ4n) is 7.84. The highest BCUT2D eigenvalue weighted by Gasteiger charge is 2.29. The van der Waals surface area contributed by atoms with Crippen molar-refractivity contribution in [1.29, 1.82) is 0 Å². The van der Waals surface area contributed by atoms with Crippen molar-refractivity contribution in [2.24, 2.45) is 0 Å². The van der Waals surface area contributed by atoms with E-state index in [1.165, 1.54) is 28.0 Å². The Balaban J connectivity index is 1.08. The van der Waals surface area contributed by atoms with E-state index in [0.717, 1.165) is 56.0 Å². The van der Waals surface area contributed by atoms with Crippen molar-refractivity contribution in [3.05, 3.63) is 176 Å². The minimum absolute atomic E-state index is 0.0927. The second-order valence-corrected chi connectivity index (χ2v) is 15.0. The number of pyridine rings is 1. The van der Waals surface area contributed by atoms with Gasteiger partial charge in [-0.15, -0.1) is 0 Å². The molecule has 3 aromatic heterocycles. The van der Waals surface area contributed by atoms with E-state index in [9.17, 15) is 0 Å². The van der Waals surface area contributed by atoms with Gasteiger partial charge in [0.25, 0.3) is 0 Å². The third kappa shape index (κ3) is 5.38. The van der Waals surface area contributed by atoms with Crippen molar-refractivity contribution in [1.82, 2.24) is 14.1 Å². The summed E-state index contributed by atoms with van der Waals surface area (Å²) in [6, 6.07) is 55.6. The number of rotatable bonds is 6. The third-order valence-electron chi connectivity index (χ3n) is 10.6. The molecule has 4 heterocycles. The first-order chi connectivity index (χ1) is 26.4. The Morgan fingerprint density at radius 3 is 1.96 bits per heavy atom. The minimum Gasteiger partial charge on any atom is -0.457 e. The van der Waals surface area contributed by atoms with Gasteiger partial charge in [-0.1, -0.05) is 87.5 Å². The lowest BCUT2D eigenvalue weighted by Crippen LogP contribution is -2.24. The standard InChI is InChI=1S/C48H39N5O/c1-48(2,3)34-26-37(52-32-51(36-16-8-5-9-17-36)43-20-12-13-21-44(43)52)28-39(27-34)54-38-22-23-41-40-18-10-11-19-42(40)53(46(41)29-38)47-30-45-33(31-49-47)24-25-50(45)35-14-6-4-7-15-35/h4-31H,32H2,1-3H3.